The van der Waals surface area contributed by atoms with Crippen molar-refractivity contribution < 1.29 is 36.2 Å². The Hall–Kier alpha value is -5.00. The zero-order valence-corrected chi connectivity index (χ0v) is 20.5. The average Bonchev–Trinajstić information content (AvgIpc) is 3.58. The summed E-state index contributed by atoms with van der Waals surface area (Å²) < 4.78 is 81.9. The smallest absolute Gasteiger partial charge is 0.416 e. The molecule has 2 atom stereocenters. The quantitative estimate of drug-likeness (QED) is 0.314. The third kappa shape index (κ3) is 4.05. The Morgan fingerprint density at radius 3 is 2.39 bits per heavy atom. The number of fused-ring (bicyclic) bond motifs is 6. The fourth-order valence-electron chi connectivity index (χ4n) is 5.55. The highest BCUT2D eigenvalue weighted by Gasteiger charge is 2.49. The molecule has 0 radical (unpaired) electrons. The SMILES string of the molecule is N#Cc1ccc(-n2c(O)c3n(c2=O)[C@@H]2CC3N(C(=O)Nc3cc(C(F)(F)F)cc(C(F)(F)F)c3)C2)c2cccnc12. The average molecular weight is 574 g/mol. The molecule has 2 aliphatic heterocycles. The maximum atomic E-state index is 13.4. The first-order valence-electron chi connectivity index (χ1n) is 12.0. The summed E-state index contributed by atoms with van der Waals surface area (Å²) in [5.74, 6) is -0.492. The summed E-state index contributed by atoms with van der Waals surface area (Å²) in [5, 5.41) is 23.1. The number of alkyl halides is 6. The van der Waals surface area contributed by atoms with Crippen molar-refractivity contribution >= 4 is 22.6 Å². The minimum Gasteiger partial charge on any atom is -0.493 e. The molecule has 0 aliphatic carbocycles. The van der Waals surface area contributed by atoms with Crippen LogP contribution in [0.2, 0.25) is 0 Å². The van der Waals surface area contributed by atoms with Crippen molar-refractivity contribution in [1.29, 1.82) is 5.26 Å². The second-order valence-corrected chi connectivity index (χ2v) is 9.62. The number of benzene rings is 2. The molecule has 210 valence electrons. The van der Waals surface area contributed by atoms with Gasteiger partial charge in [-0.05, 0) is 48.9 Å². The van der Waals surface area contributed by atoms with Crippen LogP contribution in [-0.2, 0) is 12.4 Å². The number of aromatic hydroxyl groups is 1. The molecule has 1 saturated heterocycles. The minimum atomic E-state index is -5.09. The molecule has 15 heteroatoms. The lowest BCUT2D eigenvalue weighted by molar-refractivity contribution is -0.143. The highest BCUT2D eigenvalue weighted by atomic mass is 19.4. The molecule has 1 fully saturated rings. The number of hydrogen-bond acceptors (Lipinski definition) is 5. The van der Waals surface area contributed by atoms with E-state index in [4.69, 9.17) is 0 Å². The topological polar surface area (TPSA) is 116 Å². The number of imidazole rings is 1. The second kappa shape index (κ2) is 8.75. The molecule has 41 heavy (non-hydrogen) atoms. The number of likely N-dealkylation sites (tertiary alicyclic amines) is 1. The summed E-state index contributed by atoms with van der Waals surface area (Å²) >= 11 is 0. The van der Waals surface area contributed by atoms with Crippen molar-refractivity contribution in [3.05, 3.63) is 81.5 Å². The van der Waals surface area contributed by atoms with E-state index in [0.717, 1.165) is 9.47 Å². The molecule has 0 saturated carbocycles. The number of anilines is 1. The van der Waals surface area contributed by atoms with Crippen LogP contribution in [0.1, 0.15) is 40.9 Å². The van der Waals surface area contributed by atoms with E-state index in [1.165, 1.54) is 22.9 Å². The van der Waals surface area contributed by atoms with Gasteiger partial charge in [-0.1, -0.05) is 0 Å². The molecule has 2 aromatic heterocycles. The Bertz CT molecular complexity index is 1820. The third-order valence-corrected chi connectivity index (χ3v) is 7.27. The van der Waals surface area contributed by atoms with Gasteiger partial charge in [0.15, 0.2) is 0 Å². The van der Waals surface area contributed by atoms with Crippen LogP contribution in [0.15, 0.2) is 53.5 Å². The lowest BCUT2D eigenvalue weighted by Gasteiger charge is -2.28. The lowest BCUT2D eigenvalue weighted by Crippen LogP contribution is -2.40. The fourth-order valence-corrected chi connectivity index (χ4v) is 5.55. The van der Waals surface area contributed by atoms with Gasteiger partial charge >= 0.3 is 24.1 Å². The maximum absolute atomic E-state index is 13.4. The highest BCUT2D eigenvalue weighted by molar-refractivity contribution is 5.92. The number of carbonyl (C=O) groups excluding carboxylic acids is 1. The summed E-state index contributed by atoms with van der Waals surface area (Å²) in [6, 6.07) is 6.40. The van der Waals surface area contributed by atoms with Crippen LogP contribution in [0.3, 0.4) is 0 Å². The molecule has 2 aliphatic rings. The van der Waals surface area contributed by atoms with E-state index in [1.54, 1.807) is 12.1 Å². The summed E-state index contributed by atoms with van der Waals surface area (Å²) in [6.45, 7) is -0.0758. The molecule has 1 unspecified atom stereocenters. The number of nitriles is 1. The molecule has 9 nitrogen and oxygen atoms in total. The van der Waals surface area contributed by atoms with Gasteiger partial charge in [0.2, 0.25) is 5.88 Å². The first-order valence-corrected chi connectivity index (χ1v) is 12.0. The van der Waals surface area contributed by atoms with Gasteiger partial charge in [0, 0.05) is 23.8 Å². The Morgan fingerprint density at radius 2 is 1.76 bits per heavy atom. The van der Waals surface area contributed by atoms with Crippen LogP contribution in [0.5, 0.6) is 5.88 Å². The predicted octanol–water partition coefficient (Wildman–Crippen LogP) is 5.34. The number of amides is 2. The molecule has 4 heterocycles. The number of halogens is 6. The second-order valence-electron chi connectivity index (χ2n) is 9.62. The van der Waals surface area contributed by atoms with Crippen LogP contribution in [-0.4, -0.2) is 36.7 Å². The normalized spacial score (nSPS) is 18.0. The number of nitrogens with zero attached hydrogens (tertiary/aromatic N) is 5. The lowest BCUT2D eigenvalue weighted by atomic mass is 10.1. The van der Waals surface area contributed by atoms with E-state index >= 15 is 0 Å². The van der Waals surface area contributed by atoms with Crippen LogP contribution >= 0.6 is 0 Å². The summed E-state index contributed by atoms with van der Waals surface area (Å²) in [4.78, 5) is 31.9. The first-order chi connectivity index (χ1) is 19.3. The van der Waals surface area contributed by atoms with Crippen molar-refractivity contribution in [2.45, 2.75) is 30.9 Å². The molecule has 2 amide bonds. The van der Waals surface area contributed by atoms with E-state index in [1.807, 2.05) is 6.07 Å². The summed E-state index contributed by atoms with van der Waals surface area (Å²) in [7, 11) is 0. The van der Waals surface area contributed by atoms with Crippen LogP contribution < -0.4 is 11.0 Å². The monoisotopic (exact) mass is 574 g/mol. The third-order valence-electron chi connectivity index (χ3n) is 7.27. The number of rotatable bonds is 2. The van der Waals surface area contributed by atoms with E-state index in [9.17, 15) is 46.3 Å². The number of carbonyl (C=O) groups is 1. The van der Waals surface area contributed by atoms with Crippen molar-refractivity contribution in [1.82, 2.24) is 19.0 Å². The Morgan fingerprint density at radius 1 is 1.07 bits per heavy atom. The van der Waals surface area contributed by atoms with Gasteiger partial charge in [-0.25, -0.2) is 14.2 Å². The van der Waals surface area contributed by atoms with Crippen molar-refractivity contribution in [2.75, 3.05) is 11.9 Å². The molecular weight excluding hydrogens is 558 g/mol. The predicted molar refractivity (Wildman–Crippen MR) is 130 cm³/mol. The van der Waals surface area contributed by atoms with Crippen LogP contribution in [0, 0.1) is 11.3 Å². The van der Waals surface area contributed by atoms with Crippen LogP contribution in [0.25, 0.3) is 16.6 Å². The Labute approximate surface area is 225 Å². The van der Waals surface area contributed by atoms with E-state index in [2.05, 4.69) is 10.3 Å². The number of aromatic nitrogens is 3. The molecule has 4 aromatic rings. The zero-order valence-electron chi connectivity index (χ0n) is 20.5. The standard InChI is InChI=1S/C26H16F6N6O3/c27-25(28,29)13-6-14(26(30,31)32)8-15(7-13)35-23(40)36-11-16-9-19(36)21-22(39)38(24(41)37(16)21)18-4-3-12(10-33)20-17(18)2-1-5-34-20/h1-8,16,19,39H,9,11H2,(H,35,40)/t16-,19?/m1/s1. The van der Waals surface area contributed by atoms with Gasteiger partial charge in [-0.3, -0.25) is 9.55 Å². The zero-order chi connectivity index (χ0) is 29.4. The van der Waals surface area contributed by atoms with Crippen LogP contribution in [0.4, 0.5) is 36.8 Å². The van der Waals surface area contributed by atoms with Crippen molar-refractivity contribution in [3.8, 4) is 17.6 Å². The van der Waals surface area contributed by atoms with Gasteiger partial charge in [0.1, 0.15) is 11.8 Å². The fraction of sp³-hybridized carbons (Fsp3) is 0.231. The summed E-state index contributed by atoms with van der Waals surface area (Å²) in [6.07, 6.45) is -8.51. The largest absolute Gasteiger partial charge is 0.493 e. The van der Waals surface area contributed by atoms with E-state index < -0.39 is 58.9 Å². The number of pyridine rings is 1. The number of nitrogens with one attached hydrogen (secondary N) is 1. The van der Waals surface area contributed by atoms with Crippen molar-refractivity contribution in [3.63, 3.8) is 0 Å². The number of hydrogen-bond donors (Lipinski definition) is 2. The number of urea groups is 1. The molecule has 6 rings (SSSR count). The molecular formula is C26H16F6N6O3. The van der Waals surface area contributed by atoms with Gasteiger partial charge in [0.05, 0.1) is 40.0 Å². The van der Waals surface area contributed by atoms with E-state index in [0.29, 0.717) is 23.0 Å². The summed E-state index contributed by atoms with van der Waals surface area (Å²) in [5.41, 5.74) is -3.65. The van der Waals surface area contributed by atoms with E-state index in [-0.39, 0.29) is 36.0 Å². The molecule has 0 spiro atoms. The minimum absolute atomic E-state index is 0.0463. The molecule has 2 N–H and O–H groups in total. The van der Waals surface area contributed by atoms with Gasteiger partial charge in [0.25, 0.3) is 0 Å². The Balaban J connectivity index is 1.36. The van der Waals surface area contributed by atoms with Crippen molar-refractivity contribution in [2.24, 2.45) is 0 Å². The van der Waals surface area contributed by atoms with Gasteiger partial charge < -0.3 is 15.3 Å². The Kier molecular flexibility index (Phi) is 5.60. The van der Waals surface area contributed by atoms with Gasteiger partial charge in [-0.15, -0.1) is 0 Å². The molecule has 2 aromatic carbocycles. The molecule has 2 bridgehead atoms. The maximum Gasteiger partial charge on any atom is 0.416 e. The highest BCUT2D eigenvalue weighted by Crippen LogP contribution is 2.49. The first kappa shape index (κ1) is 26.2. The van der Waals surface area contributed by atoms with Gasteiger partial charge in [-0.2, -0.15) is 31.6 Å².